The molecule has 0 spiro atoms. The maximum atomic E-state index is 12.8. The zero-order valence-corrected chi connectivity index (χ0v) is 17.0. The molecule has 0 radical (unpaired) electrons. The quantitative estimate of drug-likeness (QED) is 0.813. The molecule has 0 aliphatic carbocycles. The van der Waals surface area contributed by atoms with Crippen molar-refractivity contribution in [1.29, 1.82) is 0 Å². The Labute approximate surface area is 169 Å². The number of rotatable bonds is 4. The number of hydrogen-bond donors (Lipinski definition) is 2. The molecule has 2 fully saturated rings. The highest BCUT2D eigenvalue weighted by Gasteiger charge is 2.41. The molecular formula is C20H27N5O2S. The van der Waals surface area contributed by atoms with Gasteiger partial charge in [0.05, 0.1) is 0 Å². The van der Waals surface area contributed by atoms with Gasteiger partial charge < -0.3 is 15.0 Å². The van der Waals surface area contributed by atoms with Crippen molar-refractivity contribution in [2.24, 2.45) is 16.8 Å². The van der Waals surface area contributed by atoms with E-state index < -0.39 is 0 Å². The summed E-state index contributed by atoms with van der Waals surface area (Å²) in [6.07, 6.45) is 4.07. The Bertz CT molecular complexity index is 787. The molecule has 7 nitrogen and oxygen atoms in total. The van der Waals surface area contributed by atoms with Crippen molar-refractivity contribution in [3.63, 3.8) is 0 Å². The highest BCUT2D eigenvalue weighted by Crippen LogP contribution is 2.36. The first kappa shape index (κ1) is 18.1. The van der Waals surface area contributed by atoms with Crippen molar-refractivity contribution in [3.05, 3.63) is 34.4 Å². The van der Waals surface area contributed by atoms with E-state index in [0.717, 1.165) is 50.8 Å². The van der Waals surface area contributed by atoms with Gasteiger partial charge in [-0.3, -0.25) is 10.2 Å². The Morgan fingerprint density at radius 2 is 2.18 bits per heavy atom. The van der Waals surface area contributed by atoms with Crippen LogP contribution in [0.1, 0.15) is 30.6 Å². The predicted molar refractivity (Wildman–Crippen MR) is 109 cm³/mol. The van der Waals surface area contributed by atoms with Crippen LogP contribution in [0.2, 0.25) is 0 Å². The number of nitrogens with zero attached hydrogens (tertiary/aromatic N) is 3. The van der Waals surface area contributed by atoms with E-state index >= 15 is 0 Å². The van der Waals surface area contributed by atoms with Crippen LogP contribution < -0.4 is 10.6 Å². The third kappa shape index (κ3) is 3.23. The number of carbonyl (C=O) groups is 1. The molecule has 5 heterocycles. The Hall–Kier alpha value is -1.90. The molecule has 0 aromatic carbocycles. The van der Waals surface area contributed by atoms with E-state index in [-0.39, 0.29) is 11.9 Å². The van der Waals surface area contributed by atoms with Gasteiger partial charge in [0.2, 0.25) is 0 Å². The minimum Gasteiger partial charge on any atom is -0.381 e. The van der Waals surface area contributed by atoms with Crippen LogP contribution in [-0.2, 0) is 4.74 Å². The third-order valence-corrected chi connectivity index (χ3v) is 7.56. The second-order valence-corrected chi connectivity index (χ2v) is 9.05. The molecule has 8 heteroatoms. The predicted octanol–water partition coefficient (Wildman–Crippen LogP) is 2.36. The normalized spacial score (nSPS) is 29.4. The van der Waals surface area contributed by atoms with E-state index in [1.807, 2.05) is 11.3 Å². The van der Waals surface area contributed by atoms with Crippen molar-refractivity contribution in [1.82, 2.24) is 20.4 Å². The van der Waals surface area contributed by atoms with Gasteiger partial charge in [-0.25, -0.2) is 9.79 Å². The van der Waals surface area contributed by atoms with Crippen LogP contribution in [0.15, 0.2) is 34.5 Å². The lowest BCUT2D eigenvalue weighted by Crippen LogP contribution is -2.50. The second kappa shape index (κ2) is 7.50. The summed E-state index contributed by atoms with van der Waals surface area (Å²) >= 11 is 1.81. The monoisotopic (exact) mass is 401 g/mol. The molecule has 2 N–H and O–H groups in total. The van der Waals surface area contributed by atoms with Gasteiger partial charge in [-0.1, -0.05) is 13.0 Å². The number of amidine groups is 1. The minimum absolute atomic E-state index is 0.0553. The first-order valence-corrected chi connectivity index (χ1v) is 11.0. The Kier molecular flexibility index (Phi) is 4.86. The summed E-state index contributed by atoms with van der Waals surface area (Å²) in [5.41, 5.74) is 0. The van der Waals surface area contributed by atoms with E-state index in [1.165, 1.54) is 4.88 Å². The van der Waals surface area contributed by atoms with E-state index in [4.69, 9.17) is 9.73 Å². The highest BCUT2D eigenvalue weighted by molar-refractivity contribution is 7.10. The molecule has 28 heavy (non-hydrogen) atoms. The maximum Gasteiger partial charge on any atom is 0.329 e. The molecule has 3 atom stereocenters. The zero-order valence-electron chi connectivity index (χ0n) is 16.1. The van der Waals surface area contributed by atoms with E-state index in [0.29, 0.717) is 24.5 Å². The third-order valence-electron chi connectivity index (χ3n) is 6.48. The van der Waals surface area contributed by atoms with Gasteiger partial charge in [-0.15, -0.1) is 11.3 Å². The van der Waals surface area contributed by atoms with Crippen molar-refractivity contribution in [3.8, 4) is 0 Å². The fourth-order valence-corrected chi connectivity index (χ4v) is 5.64. The molecule has 0 bridgehead atoms. The zero-order chi connectivity index (χ0) is 19.1. The van der Waals surface area contributed by atoms with Crippen LogP contribution in [0, 0.1) is 11.8 Å². The number of nitrogens with one attached hydrogen (secondary N) is 2. The average molecular weight is 402 g/mol. The average Bonchev–Trinajstić information content (AvgIpc) is 3.48. The van der Waals surface area contributed by atoms with Crippen LogP contribution >= 0.6 is 11.3 Å². The van der Waals surface area contributed by atoms with Crippen molar-refractivity contribution < 1.29 is 9.53 Å². The van der Waals surface area contributed by atoms with Gasteiger partial charge in [0, 0.05) is 42.8 Å². The number of aliphatic imine (C=N–C) groups is 1. The van der Waals surface area contributed by atoms with Gasteiger partial charge in [-0.05, 0) is 42.7 Å². The Morgan fingerprint density at radius 3 is 2.96 bits per heavy atom. The number of thiophene rings is 1. The van der Waals surface area contributed by atoms with Crippen LogP contribution in [-0.4, -0.2) is 60.7 Å². The smallest absolute Gasteiger partial charge is 0.329 e. The van der Waals surface area contributed by atoms with Crippen LogP contribution in [0.3, 0.4) is 0 Å². The van der Waals surface area contributed by atoms with Crippen molar-refractivity contribution >= 4 is 23.2 Å². The summed E-state index contributed by atoms with van der Waals surface area (Å²) in [4.78, 5) is 23.1. The number of ether oxygens (including phenoxy) is 1. The second-order valence-electron chi connectivity index (χ2n) is 8.07. The molecular weight excluding hydrogens is 374 g/mol. The molecule has 2 amide bonds. The molecule has 1 aromatic heterocycles. The fourth-order valence-electron chi connectivity index (χ4n) is 4.78. The topological polar surface area (TPSA) is 69.2 Å². The number of fused-ring (bicyclic) bond motifs is 1. The molecule has 2 saturated heterocycles. The fraction of sp³-hybridized carbons (Fsp3) is 0.600. The van der Waals surface area contributed by atoms with Crippen molar-refractivity contribution in [2.45, 2.75) is 31.7 Å². The lowest BCUT2D eigenvalue weighted by atomic mass is 9.83. The number of amides is 2. The van der Waals surface area contributed by atoms with E-state index in [2.05, 4.69) is 46.2 Å². The Morgan fingerprint density at radius 1 is 1.32 bits per heavy atom. The molecule has 3 unspecified atom stereocenters. The van der Waals surface area contributed by atoms with Gasteiger partial charge in [-0.2, -0.15) is 0 Å². The summed E-state index contributed by atoms with van der Waals surface area (Å²) < 4.78 is 5.47. The molecule has 5 rings (SSSR count). The highest BCUT2D eigenvalue weighted by atomic mass is 32.1. The summed E-state index contributed by atoms with van der Waals surface area (Å²) in [6, 6.07) is 4.69. The summed E-state index contributed by atoms with van der Waals surface area (Å²) in [7, 11) is 0. The Balaban J connectivity index is 1.37. The van der Waals surface area contributed by atoms with Gasteiger partial charge >= 0.3 is 6.03 Å². The summed E-state index contributed by atoms with van der Waals surface area (Å²) in [5.74, 6) is 2.69. The molecule has 4 aliphatic rings. The van der Waals surface area contributed by atoms with Crippen LogP contribution in [0.5, 0.6) is 0 Å². The molecule has 0 saturated carbocycles. The first-order valence-electron chi connectivity index (χ1n) is 10.2. The summed E-state index contributed by atoms with van der Waals surface area (Å²) in [5, 5.41) is 8.74. The molecule has 4 aliphatic heterocycles. The number of hydrogen-bond acceptors (Lipinski definition) is 6. The first-order chi connectivity index (χ1) is 13.7. The molecule has 1 aromatic rings. The van der Waals surface area contributed by atoms with Crippen LogP contribution in [0.4, 0.5) is 4.79 Å². The summed E-state index contributed by atoms with van der Waals surface area (Å²) in [6.45, 7) is 6.27. The SMILES string of the molecule is CC(c1cccs1)C1CNCC1C1=NC2=CN(C3CCOCC3)CN2C(=O)N1. The van der Waals surface area contributed by atoms with Crippen molar-refractivity contribution in [2.75, 3.05) is 33.0 Å². The lowest BCUT2D eigenvalue weighted by Gasteiger charge is -2.33. The number of carbonyl (C=O) groups excluding carboxylic acids is 1. The minimum atomic E-state index is -0.0553. The lowest BCUT2D eigenvalue weighted by molar-refractivity contribution is 0.0459. The maximum absolute atomic E-state index is 12.8. The number of urea groups is 1. The van der Waals surface area contributed by atoms with Gasteiger partial charge in [0.25, 0.3) is 0 Å². The standard InChI is InChI=1S/C20H27N5O2S/c1-13(17-3-2-8-28-17)15-9-21-10-16(15)19-22-18-11-24(12-25(18)20(26)23-19)14-4-6-27-7-5-14/h2-3,8,11,13-16,21H,4-7,9-10,12H2,1H3,(H,22,23,26). The van der Waals surface area contributed by atoms with Crippen LogP contribution in [0.25, 0.3) is 0 Å². The van der Waals surface area contributed by atoms with E-state index in [9.17, 15) is 4.79 Å². The largest absolute Gasteiger partial charge is 0.381 e. The van der Waals surface area contributed by atoms with Gasteiger partial charge in [0.1, 0.15) is 12.5 Å². The van der Waals surface area contributed by atoms with Gasteiger partial charge in [0.15, 0.2) is 5.82 Å². The van der Waals surface area contributed by atoms with E-state index in [1.54, 1.807) is 4.90 Å². The molecule has 150 valence electrons.